The van der Waals surface area contributed by atoms with Crippen LogP contribution < -0.4 is 5.32 Å². The molecular weight excluding hydrogens is 250 g/mol. The average Bonchev–Trinajstić information content (AvgIpc) is 2.45. The number of nitrogens with one attached hydrogen (secondary N) is 1. The fourth-order valence-corrected chi connectivity index (χ4v) is 2.13. The van der Waals surface area contributed by atoms with Crippen molar-refractivity contribution in [1.29, 1.82) is 0 Å². The van der Waals surface area contributed by atoms with E-state index >= 15 is 0 Å². The normalized spacial score (nSPS) is 12.6. The lowest BCUT2D eigenvalue weighted by Crippen LogP contribution is -2.23. The summed E-state index contributed by atoms with van der Waals surface area (Å²) in [6.07, 6.45) is 2.30. The summed E-state index contributed by atoms with van der Waals surface area (Å²) < 4.78 is 11.2. The first-order valence-electron chi connectivity index (χ1n) is 7.59. The van der Waals surface area contributed by atoms with Gasteiger partial charge >= 0.3 is 0 Å². The van der Waals surface area contributed by atoms with Gasteiger partial charge in [0.2, 0.25) is 0 Å². The molecule has 0 aliphatic heterocycles. The van der Waals surface area contributed by atoms with Crippen molar-refractivity contribution in [3.05, 3.63) is 34.9 Å². The first-order chi connectivity index (χ1) is 9.69. The second-order valence-electron chi connectivity index (χ2n) is 5.24. The third kappa shape index (κ3) is 6.04. The quantitative estimate of drug-likeness (QED) is 0.666. The zero-order chi connectivity index (χ0) is 14.8. The summed E-state index contributed by atoms with van der Waals surface area (Å²) in [6, 6.07) is 6.79. The van der Waals surface area contributed by atoms with Gasteiger partial charge in [0, 0.05) is 6.61 Å². The summed E-state index contributed by atoms with van der Waals surface area (Å²) in [7, 11) is 1.98. The van der Waals surface area contributed by atoms with E-state index in [-0.39, 0.29) is 6.04 Å². The van der Waals surface area contributed by atoms with Crippen LogP contribution in [0, 0.1) is 13.8 Å². The van der Waals surface area contributed by atoms with E-state index in [0.29, 0.717) is 19.8 Å². The standard InChI is InChI=1S/C17H29NO2/c1-5-6-9-19-10-11-20-13-17(18-4)16-12-14(2)7-8-15(16)3/h7-8,12,17-18H,5-6,9-11,13H2,1-4H3. The Balaban J connectivity index is 2.34. The molecule has 1 atom stereocenters. The molecule has 1 unspecified atom stereocenters. The van der Waals surface area contributed by atoms with Gasteiger partial charge in [-0.05, 0) is 38.4 Å². The fourth-order valence-electron chi connectivity index (χ4n) is 2.13. The molecule has 114 valence electrons. The Bertz CT molecular complexity index is 379. The van der Waals surface area contributed by atoms with Crippen LogP contribution in [0.3, 0.4) is 0 Å². The van der Waals surface area contributed by atoms with Gasteiger partial charge in [-0.25, -0.2) is 0 Å². The third-order valence-electron chi connectivity index (χ3n) is 3.46. The molecule has 0 aromatic heterocycles. The summed E-state index contributed by atoms with van der Waals surface area (Å²) in [5, 5.41) is 3.33. The molecule has 0 aliphatic rings. The van der Waals surface area contributed by atoms with Crippen LogP contribution in [0.4, 0.5) is 0 Å². The second kappa shape index (κ2) is 9.92. The zero-order valence-corrected chi connectivity index (χ0v) is 13.4. The second-order valence-corrected chi connectivity index (χ2v) is 5.24. The first kappa shape index (κ1) is 17.2. The van der Waals surface area contributed by atoms with Gasteiger partial charge in [0.05, 0.1) is 25.9 Å². The molecule has 0 aliphatic carbocycles. The van der Waals surface area contributed by atoms with Crippen LogP contribution >= 0.6 is 0 Å². The molecular formula is C17H29NO2. The van der Waals surface area contributed by atoms with Crippen molar-refractivity contribution in [3.63, 3.8) is 0 Å². The van der Waals surface area contributed by atoms with Crippen molar-refractivity contribution in [3.8, 4) is 0 Å². The van der Waals surface area contributed by atoms with Gasteiger partial charge in [-0.1, -0.05) is 37.1 Å². The number of unbranched alkanes of at least 4 members (excludes halogenated alkanes) is 1. The first-order valence-corrected chi connectivity index (χ1v) is 7.59. The van der Waals surface area contributed by atoms with Crippen molar-refractivity contribution < 1.29 is 9.47 Å². The fraction of sp³-hybridized carbons (Fsp3) is 0.647. The van der Waals surface area contributed by atoms with E-state index in [0.717, 1.165) is 13.0 Å². The van der Waals surface area contributed by atoms with Crippen LogP contribution in [-0.2, 0) is 9.47 Å². The highest BCUT2D eigenvalue weighted by atomic mass is 16.5. The van der Waals surface area contributed by atoms with Crippen molar-refractivity contribution >= 4 is 0 Å². The number of aryl methyl sites for hydroxylation is 2. The molecule has 0 fully saturated rings. The molecule has 3 heteroatoms. The number of likely N-dealkylation sites (N-methyl/N-ethyl adjacent to an activating group) is 1. The Labute approximate surface area is 123 Å². The van der Waals surface area contributed by atoms with Crippen LogP contribution in [0.1, 0.15) is 42.5 Å². The lowest BCUT2D eigenvalue weighted by Gasteiger charge is -2.19. The van der Waals surface area contributed by atoms with E-state index in [1.54, 1.807) is 0 Å². The predicted molar refractivity (Wildman–Crippen MR) is 84.3 cm³/mol. The molecule has 0 bridgehead atoms. The summed E-state index contributed by atoms with van der Waals surface area (Å²) in [5.74, 6) is 0. The van der Waals surface area contributed by atoms with Crippen LogP contribution in [0.25, 0.3) is 0 Å². The van der Waals surface area contributed by atoms with Crippen LogP contribution in [0.2, 0.25) is 0 Å². The summed E-state index contributed by atoms with van der Waals surface area (Å²) in [5.41, 5.74) is 3.91. The van der Waals surface area contributed by atoms with E-state index < -0.39 is 0 Å². The van der Waals surface area contributed by atoms with Crippen molar-refractivity contribution in [2.75, 3.05) is 33.5 Å². The van der Waals surface area contributed by atoms with E-state index in [1.165, 1.54) is 23.1 Å². The molecule has 20 heavy (non-hydrogen) atoms. The summed E-state index contributed by atoms with van der Waals surface area (Å²) in [6.45, 7) is 9.30. The molecule has 1 aromatic rings. The number of rotatable bonds is 10. The molecule has 1 aromatic carbocycles. The number of benzene rings is 1. The highest BCUT2D eigenvalue weighted by Gasteiger charge is 2.12. The van der Waals surface area contributed by atoms with E-state index in [1.807, 2.05) is 7.05 Å². The summed E-state index contributed by atoms with van der Waals surface area (Å²) in [4.78, 5) is 0. The Morgan fingerprint density at radius 1 is 1.10 bits per heavy atom. The molecule has 0 saturated heterocycles. The average molecular weight is 279 g/mol. The highest BCUT2D eigenvalue weighted by Crippen LogP contribution is 2.19. The maximum absolute atomic E-state index is 5.73. The molecule has 0 radical (unpaired) electrons. The van der Waals surface area contributed by atoms with E-state index in [4.69, 9.17) is 9.47 Å². The lowest BCUT2D eigenvalue weighted by atomic mass is 9.99. The number of hydrogen-bond donors (Lipinski definition) is 1. The minimum Gasteiger partial charge on any atom is -0.379 e. The molecule has 0 spiro atoms. The Morgan fingerprint density at radius 3 is 2.55 bits per heavy atom. The maximum Gasteiger partial charge on any atom is 0.0701 e. The molecule has 0 amide bonds. The van der Waals surface area contributed by atoms with Crippen molar-refractivity contribution in [2.45, 2.75) is 39.7 Å². The predicted octanol–water partition coefficient (Wildman–Crippen LogP) is 3.40. The minimum atomic E-state index is 0.241. The number of hydrogen-bond acceptors (Lipinski definition) is 3. The van der Waals surface area contributed by atoms with Gasteiger partial charge < -0.3 is 14.8 Å². The van der Waals surface area contributed by atoms with E-state index in [9.17, 15) is 0 Å². The molecule has 1 rings (SSSR count). The van der Waals surface area contributed by atoms with Crippen LogP contribution in [-0.4, -0.2) is 33.5 Å². The van der Waals surface area contributed by atoms with Gasteiger partial charge in [0.1, 0.15) is 0 Å². The Morgan fingerprint density at radius 2 is 1.85 bits per heavy atom. The molecule has 0 heterocycles. The topological polar surface area (TPSA) is 30.5 Å². The molecule has 0 saturated carbocycles. The molecule has 1 N–H and O–H groups in total. The largest absolute Gasteiger partial charge is 0.379 e. The highest BCUT2D eigenvalue weighted by molar-refractivity contribution is 5.33. The SMILES string of the molecule is CCCCOCCOCC(NC)c1cc(C)ccc1C. The lowest BCUT2D eigenvalue weighted by molar-refractivity contribution is 0.0387. The number of ether oxygens (including phenoxy) is 2. The van der Waals surface area contributed by atoms with E-state index in [2.05, 4.69) is 44.3 Å². The zero-order valence-electron chi connectivity index (χ0n) is 13.4. The maximum atomic E-state index is 5.73. The van der Waals surface area contributed by atoms with Gasteiger partial charge in [-0.15, -0.1) is 0 Å². The monoisotopic (exact) mass is 279 g/mol. The van der Waals surface area contributed by atoms with Gasteiger partial charge in [-0.3, -0.25) is 0 Å². The van der Waals surface area contributed by atoms with Crippen molar-refractivity contribution in [1.82, 2.24) is 5.32 Å². The van der Waals surface area contributed by atoms with Crippen molar-refractivity contribution in [2.24, 2.45) is 0 Å². The smallest absolute Gasteiger partial charge is 0.0701 e. The van der Waals surface area contributed by atoms with Crippen LogP contribution in [0.5, 0.6) is 0 Å². The third-order valence-corrected chi connectivity index (χ3v) is 3.46. The minimum absolute atomic E-state index is 0.241. The molecule has 3 nitrogen and oxygen atoms in total. The van der Waals surface area contributed by atoms with Gasteiger partial charge in [0.15, 0.2) is 0 Å². The Hall–Kier alpha value is -0.900. The van der Waals surface area contributed by atoms with Gasteiger partial charge in [0.25, 0.3) is 0 Å². The summed E-state index contributed by atoms with van der Waals surface area (Å²) >= 11 is 0. The van der Waals surface area contributed by atoms with Gasteiger partial charge in [-0.2, -0.15) is 0 Å². The Kier molecular flexibility index (Phi) is 8.51. The van der Waals surface area contributed by atoms with Crippen LogP contribution in [0.15, 0.2) is 18.2 Å².